The van der Waals surface area contributed by atoms with Crippen LogP contribution in [-0.4, -0.2) is 11.8 Å². The summed E-state index contributed by atoms with van der Waals surface area (Å²) < 4.78 is 5.77. The molecule has 0 aliphatic carbocycles. The Balaban J connectivity index is 1.85. The van der Waals surface area contributed by atoms with E-state index in [1.807, 2.05) is 44.2 Å². The Morgan fingerprint density at radius 2 is 1.84 bits per heavy atom. The summed E-state index contributed by atoms with van der Waals surface area (Å²) in [4.78, 5) is 26.0. The summed E-state index contributed by atoms with van der Waals surface area (Å²) in [6.45, 7) is 4.02. The SMILES string of the molecule is CC(C)=C1CC(=O)N(c2ccc(Cl)c(OCc3ccccc3)c2)C1=O. The highest BCUT2D eigenvalue weighted by molar-refractivity contribution is 6.32. The van der Waals surface area contributed by atoms with E-state index in [-0.39, 0.29) is 18.2 Å². The third kappa shape index (κ3) is 3.59. The van der Waals surface area contributed by atoms with E-state index in [1.54, 1.807) is 18.2 Å². The topological polar surface area (TPSA) is 46.6 Å². The van der Waals surface area contributed by atoms with Gasteiger partial charge in [0.25, 0.3) is 5.91 Å². The third-order valence-electron chi connectivity index (χ3n) is 4.05. The van der Waals surface area contributed by atoms with Gasteiger partial charge in [-0.05, 0) is 31.5 Å². The highest BCUT2D eigenvalue weighted by Crippen LogP contribution is 2.34. The molecule has 2 aromatic rings. The van der Waals surface area contributed by atoms with Crippen LogP contribution in [0.5, 0.6) is 5.75 Å². The van der Waals surface area contributed by atoms with Crippen molar-refractivity contribution in [1.29, 1.82) is 0 Å². The van der Waals surface area contributed by atoms with E-state index < -0.39 is 0 Å². The maximum atomic E-state index is 12.5. The smallest absolute Gasteiger partial charge is 0.261 e. The van der Waals surface area contributed by atoms with Crippen LogP contribution in [0.25, 0.3) is 0 Å². The average Bonchev–Trinajstić information content (AvgIpc) is 2.90. The molecule has 25 heavy (non-hydrogen) atoms. The van der Waals surface area contributed by atoms with Gasteiger partial charge in [-0.15, -0.1) is 0 Å². The standard InChI is InChI=1S/C20H18ClNO3/c1-13(2)16-11-19(23)22(20(16)24)15-8-9-17(21)18(10-15)25-12-14-6-4-3-5-7-14/h3-10H,11-12H2,1-2H3. The van der Waals surface area contributed by atoms with Crippen molar-refractivity contribution < 1.29 is 14.3 Å². The molecule has 0 atom stereocenters. The Morgan fingerprint density at radius 3 is 2.48 bits per heavy atom. The largest absolute Gasteiger partial charge is 0.487 e. The summed E-state index contributed by atoms with van der Waals surface area (Å²) >= 11 is 6.20. The number of anilines is 1. The number of carbonyl (C=O) groups is 2. The van der Waals surface area contributed by atoms with Gasteiger partial charge in [-0.1, -0.05) is 47.5 Å². The van der Waals surface area contributed by atoms with E-state index >= 15 is 0 Å². The van der Waals surface area contributed by atoms with Gasteiger partial charge in [0, 0.05) is 11.6 Å². The summed E-state index contributed by atoms with van der Waals surface area (Å²) in [5.74, 6) is -0.0758. The number of ether oxygens (including phenoxy) is 1. The van der Waals surface area contributed by atoms with Crippen molar-refractivity contribution in [2.24, 2.45) is 0 Å². The van der Waals surface area contributed by atoms with Gasteiger partial charge in [-0.2, -0.15) is 0 Å². The van der Waals surface area contributed by atoms with E-state index in [0.29, 0.717) is 28.6 Å². The van der Waals surface area contributed by atoms with E-state index in [4.69, 9.17) is 16.3 Å². The van der Waals surface area contributed by atoms with Gasteiger partial charge >= 0.3 is 0 Å². The molecule has 1 fully saturated rings. The van der Waals surface area contributed by atoms with Gasteiger partial charge in [0.15, 0.2) is 0 Å². The van der Waals surface area contributed by atoms with Crippen molar-refractivity contribution in [3.8, 4) is 5.75 Å². The summed E-state index contributed by atoms with van der Waals surface area (Å²) in [5.41, 5.74) is 2.88. The van der Waals surface area contributed by atoms with Gasteiger partial charge in [0.05, 0.1) is 17.1 Å². The van der Waals surface area contributed by atoms with Gasteiger partial charge < -0.3 is 4.74 Å². The summed E-state index contributed by atoms with van der Waals surface area (Å²) in [6, 6.07) is 14.6. The Bertz CT molecular complexity index is 854. The van der Waals surface area contributed by atoms with E-state index in [9.17, 15) is 9.59 Å². The number of nitrogens with zero attached hydrogens (tertiary/aromatic N) is 1. The van der Waals surface area contributed by atoms with Crippen molar-refractivity contribution in [2.75, 3.05) is 4.90 Å². The second-order valence-corrected chi connectivity index (χ2v) is 6.49. The first-order chi connectivity index (χ1) is 12.0. The Morgan fingerprint density at radius 1 is 1.12 bits per heavy atom. The lowest BCUT2D eigenvalue weighted by Crippen LogP contribution is -2.29. The zero-order chi connectivity index (χ0) is 18.0. The second-order valence-electron chi connectivity index (χ2n) is 6.08. The molecule has 1 saturated heterocycles. The molecule has 5 heteroatoms. The fourth-order valence-corrected chi connectivity index (χ4v) is 2.86. The molecule has 0 unspecified atom stereocenters. The fraction of sp³-hybridized carbons (Fsp3) is 0.200. The van der Waals surface area contributed by atoms with Crippen molar-refractivity contribution in [2.45, 2.75) is 26.9 Å². The zero-order valence-corrected chi connectivity index (χ0v) is 14.8. The van der Waals surface area contributed by atoms with Crippen LogP contribution in [0.2, 0.25) is 5.02 Å². The van der Waals surface area contributed by atoms with Crippen molar-refractivity contribution in [3.63, 3.8) is 0 Å². The number of hydrogen-bond acceptors (Lipinski definition) is 3. The fourth-order valence-electron chi connectivity index (χ4n) is 2.68. The molecule has 4 nitrogen and oxygen atoms in total. The number of rotatable bonds is 4. The van der Waals surface area contributed by atoms with E-state index in [2.05, 4.69) is 0 Å². The number of allylic oxidation sites excluding steroid dienone is 1. The maximum Gasteiger partial charge on any atom is 0.261 e. The number of amides is 2. The van der Waals surface area contributed by atoms with Crippen molar-refractivity contribution >= 4 is 29.1 Å². The molecule has 0 spiro atoms. The Hall–Kier alpha value is -2.59. The molecule has 0 saturated carbocycles. The third-order valence-corrected chi connectivity index (χ3v) is 4.36. The predicted octanol–water partition coefficient (Wildman–Crippen LogP) is 4.52. The number of hydrogen-bond donors (Lipinski definition) is 0. The molecule has 128 valence electrons. The van der Waals surface area contributed by atoms with Crippen LogP contribution in [0, 0.1) is 0 Å². The number of halogens is 1. The van der Waals surface area contributed by atoms with Crippen LogP contribution in [0.4, 0.5) is 5.69 Å². The minimum absolute atomic E-state index is 0.129. The molecule has 0 N–H and O–H groups in total. The molecule has 0 radical (unpaired) electrons. The average molecular weight is 356 g/mol. The van der Waals surface area contributed by atoms with Gasteiger partial charge in [-0.25, -0.2) is 4.90 Å². The first kappa shape index (κ1) is 17.2. The number of benzene rings is 2. The van der Waals surface area contributed by atoms with Gasteiger partial charge in [-0.3, -0.25) is 9.59 Å². The Labute approximate surface area is 151 Å². The lowest BCUT2D eigenvalue weighted by atomic mass is 10.1. The summed E-state index contributed by atoms with van der Waals surface area (Å²) in [6.07, 6.45) is 0.129. The van der Waals surface area contributed by atoms with Crippen LogP contribution < -0.4 is 9.64 Å². The molecular formula is C20H18ClNO3. The monoisotopic (exact) mass is 355 g/mol. The van der Waals surface area contributed by atoms with Crippen LogP contribution >= 0.6 is 11.6 Å². The Kier molecular flexibility index (Phi) is 4.91. The number of carbonyl (C=O) groups excluding carboxylic acids is 2. The molecule has 1 heterocycles. The minimum atomic E-state index is -0.277. The molecule has 0 bridgehead atoms. The minimum Gasteiger partial charge on any atom is -0.487 e. The molecule has 0 aromatic heterocycles. The van der Waals surface area contributed by atoms with Gasteiger partial charge in [0.2, 0.25) is 5.91 Å². The van der Waals surface area contributed by atoms with Crippen LogP contribution in [0.3, 0.4) is 0 Å². The van der Waals surface area contributed by atoms with Crippen LogP contribution in [-0.2, 0) is 16.2 Å². The highest BCUT2D eigenvalue weighted by Gasteiger charge is 2.35. The van der Waals surface area contributed by atoms with Crippen LogP contribution in [0.15, 0.2) is 59.7 Å². The van der Waals surface area contributed by atoms with Crippen molar-refractivity contribution in [1.82, 2.24) is 0 Å². The quantitative estimate of drug-likeness (QED) is 0.598. The first-order valence-electron chi connectivity index (χ1n) is 7.97. The second kappa shape index (κ2) is 7.11. The van der Waals surface area contributed by atoms with E-state index in [0.717, 1.165) is 11.1 Å². The summed E-state index contributed by atoms with van der Waals surface area (Å²) in [7, 11) is 0. The molecule has 2 amide bonds. The maximum absolute atomic E-state index is 12.5. The van der Waals surface area contributed by atoms with Crippen LogP contribution in [0.1, 0.15) is 25.8 Å². The molecule has 2 aromatic carbocycles. The molecule has 1 aliphatic rings. The molecule has 3 rings (SSSR count). The molecule has 1 aliphatic heterocycles. The highest BCUT2D eigenvalue weighted by atomic mass is 35.5. The van der Waals surface area contributed by atoms with E-state index in [1.165, 1.54) is 4.90 Å². The molecular weight excluding hydrogens is 338 g/mol. The zero-order valence-electron chi connectivity index (χ0n) is 14.1. The summed E-state index contributed by atoms with van der Waals surface area (Å²) in [5, 5.41) is 0.432. The normalized spacial score (nSPS) is 14.2. The lowest BCUT2D eigenvalue weighted by Gasteiger charge is -2.16. The van der Waals surface area contributed by atoms with Crippen molar-refractivity contribution in [3.05, 3.63) is 70.3 Å². The predicted molar refractivity (Wildman–Crippen MR) is 97.7 cm³/mol. The van der Waals surface area contributed by atoms with Gasteiger partial charge in [0.1, 0.15) is 12.4 Å². The lowest BCUT2D eigenvalue weighted by molar-refractivity contribution is -0.120. The number of imide groups is 1. The first-order valence-corrected chi connectivity index (χ1v) is 8.35.